The average molecular weight is 491 g/mol. The number of fused-ring (bicyclic) bond motifs is 3. The molecule has 2 bridgehead atoms. The van der Waals surface area contributed by atoms with E-state index in [9.17, 15) is 14.7 Å². The van der Waals surface area contributed by atoms with Gasteiger partial charge in [-0.05, 0) is 43.7 Å². The van der Waals surface area contributed by atoms with Crippen LogP contribution in [0.4, 0.5) is 10.5 Å². The zero-order valence-corrected chi connectivity index (χ0v) is 20.3. The summed E-state index contributed by atoms with van der Waals surface area (Å²) in [6.45, 7) is 2.56. The minimum Gasteiger partial charge on any atom is -0.481 e. The van der Waals surface area contributed by atoms with Gasteiger partial charge in [0.2, 0.25) is 0 Å². The summed E-state index contributed by atoms with van der Waals surface area (Å²) in [6, 6.07) is 17.9. The Labute approximate surface area is 209 Å². The molecular formula is C28H30N2O6. The van der Waals surface area contributed by atoms with Crippen molar-refractivity contribution in [2.45, 2.75) is 56.5 Å². The largest absolute Gasteiger partial charge is 0.481 e. The lowest BCUT2D eigenvalue weighted by atomic mass is 9.62. The fraction of sp³-hybridized carbons (Fsp3) is 0.393. The summed E-state index contributed by atoms with van der Waals surface area (Å²) in [7, 11) is 0. The molecule has 3 fully saturated rings. The maximum absolute atomic E-state index is 12.4. The number of benzene rings is 2. The van der Waals surface area contributed by atoms with Gasteiger partial charge in [-0.3, -0.25) is 10.1 Å². The van der Waals surface area contributed by atoms with Gasteiger partial charge in [0.15, 0.2) is 5.76 Å². The smallest absolute Gasteiger partial charge is 0.411 e. The number of carbonyl (C=O) groups excluding carboxylic acids is 1. The lowest BCUT2D eigenvalue weighted by molar-refractivity contribution is -0.174. The van der Waals surface area contributed by atoms with E-state index in [1.165, 1.54) is 5.56 Å². The Morgan fingerprint density at radius 1 is 1.06 bits per heavy atom. The van der Waals surface area contributed by atoms with Crippen molar-refractivity contribution >= 4 is 17.7 Å². The van der Waals surface area contributed by atoms with Crippen LogP contribution in [0.5, 0.6) is 0 Å². The summed E-state index contributed by atoms with van der Waals surface area (Å²) in [5.41, 5.74) is 3.50. The molecule has 8 heteroatoms. The number of nitrogens with one attached hydrogen (secondary N) is 1. The molecule has 3 aliphatic rings. The lowest BCUT2D eigenvalue weighted by Gasteiger charge is -2.53. The van der Waals surface area contributed by atoms with Crippen molar-refractivity contribution < 1.29 is 28.7 Å². The zero-order chi connectivity index (χ0) is 25.2. The minimum atomic E-state index is -0.805. The maximum Gasteiger partial charge on any atom is 0.411 e. The van der Waals surface area contributed by atoms with E-state index < -0.39 is 17.7 Å². The van der Waals surface area contributed by atoms with E-state index in [4.69, 9.17) is 14.0 Å². The van der Waals surface area contributed by atoms with Crippen LogP contribution < -0.4 is 5.32 Å². The number of anilines is 1. The van der Waals surface area contributed by atoms with Gasteiger partial charge in [0.05, 0.1) is 25.2 Å². The second-order valence-electron chi connectivity index (χ2n) is 9.87. The van der Waals surface area contributed by atoms with Gasteiger partial charge >= 0.3 is 12.1 Å². The Morgan fingerprint density at radius 3 is 2.42 bits per heavy atom. The van der Waals surface area contributed by atoms with Gasteiger partial charge in [0.25, 0.3) is 0 Å². The number of nitrogens with zero attached hydrogens (tertiary/aromatic N) is 1. The molecule has 0 atom stereocenters. The molecule has 3 aromatic rings. The fourth-order valence-corrected chi connectivity index (χ4v) is 5.37. The standard InChI is InChI=1S/C28H30N2O6/c1-19-24(29-26(33)34-16-11-20-5-3-2-4-6-20)25(36-30-19)21-7-9-22(10-8-21)27-12-14-28(15-13-27,35-18-27)17-23(31)32/h2-10H,11-18H2,1H3,(H,29,33)(H,31,32). The number of carboxylic acid groups (broad SMARTS) is 1. The van der Waals surface area contributed by atoms with Crippen molar-refractivity contribution in [3.8, 4) is 11.3 Å². The third kappa shape index (κ3) is 4.86. The highest BCUT2D eigenvalue weighted by molar-refractivity contribution is 5.90. The molecular weight excluding hydrogens is 460 g/mol. The van der Waals surface area contributed by atoms with Crippen LogP contribution in [0.2, 0.25) is 0 Å². The second-order valence-corrected chi connectivity index (χ2v) is 9.87. The number of amides is 1. The first-order chi connectivity index (χ1) is 17.4. The number of carboxylic acids is 1. The first-order valence-corrected chi connectivity index (χ1v) is 12.3. The number of rotatable bonds is 8. The third-order valence-electron chi connectivity index (χ3n) is 7.56. The number of carbonyl (C=O) groups is 2. The van der Waals surface area contributed by atoms with E-state index >= 15 is 0 Å². The summed E-state index contributed by atoms with van der Waals surface area (Å²) in [5, 5.41) is 16.1. The van der Waals surface area contributed by atoms with Crippen molar-refractivity contribution in [1.82, 2.24) is 5.16 Å². The van der Waals surface area contributed by atoms with E-state index in [2.05, 4.69) is 22.6 Å². The first-order valence-electron chi connectivity index (χ1n) is 12.3. The number of aromatic nitrogens is 1. The van der Waals surface area contributed by atoms with Gasteiger partial charge in [0.1, 0.15) is 11.4 Å². The van der Waals surface area contributed by atoms with Crippen LogP contribution in [-0.2, 0) is 26.1 Å². The monoisotopic (exact) mass is 490 g/mol. The molecule has 188 valence electrons. The molecule has 0 spiro atoms. The summed E-state index contributed by atoms with van der Waals surface area (Å²) >= 11 is 0. The van der Waals surface area contributed by atoms with Crippen LogP contribution in [0, 0.1) is 6.92 Å². The molecule has 1 saturated carbocycles. The van der Waals surface area contributed by atoms with Crippen molar-refractivity contribution in [2.75, 3.05) is 18.5 Å². The Kier molecular flexibility index (Phi) is 6.53. The molecule has 6 rings (SSSR count). The molecule has 2 N–H and O–H groups in total. The SMILES string of the molecule is Cc1noc(-c2ccc(C34CCC(CC(=O)O)(CC3)OC4)cc2)c1NC(=O)OCCc1ccccc1. The van der Waals surface area contributed by atoms with Crippen molar-refractivity contribution in [3.05, 3.63) is 71.4 Å². The molecule has 3 heterocycles. The Hall–Kier alpha value is -3.65. The molecule has 2 aliphatic heterocycles. The minimum absolute atomic E-state index is 0.0668. The van der Waals surface area contributed by atoms with Crippen LogP contribution >= 0.6 is 0 Å². The molecule has 1 amide bonds. The highest BCUT2D eigenvalue weighted by Gasteiger charge is 2.51. The summed E-state index contributed by atoms with van der Waals surface area (Å²) in [6.07, 6.45) is 3.46. The predicted octanol–water partition coefficient (Wildman–Crippen LogP) is 5.50. The van der Waals surface area contributed by atoms with E-state index in [-0.39, 0.29) is 18.4 Å². The van der Waals surface area contributed by atoms with Gasteiger partial charge < -0.3 is 19.1 Å². The quantitative estimate of drug-likeness (QED) is 0.429. The second kappa shape index (κ2) is 9.78. The van der Waals surface area contributed by atoms with E-state index in [0.717, 1.165) is 36.8 Å². The number of aryl methyl sites for hydroxylation is 1. The number of hydrogen-bond acceptors (Lipinski definition) is 6. The zero-order valence-electron chi connectivity index (χ0n) is 20.3. The molecule has 1 aromatic heterocycles. The third-order valence-corrected chi connectivity index (χ3v) is 7.56. The van der Waals surface area contributed by atoms with Crippen molar-refractivity contribution in [3.63, 3.8) is 0 Å². The molecule has 2 saturated heterocycles. The van der Waals surface area contributed by atoms with Gasteiger partial charge in [-0.15, -0.1) is 0 Å². The van der Waals surface area contributed by atoms with Gasteiger partial charge in [-0.2, -0.15) is 0 Å². The summed E-state index contributed by atoms with van der Waals surface area (Å²) in [5.74, 6) is -0.332. The topological polar surface area (TPSA) is 111 Å². The molecule has 1 aliphatic carbocycles. The molecule has 0 unspecified atom stereocenters. The van der Waals surface area contributed by atoms with E-state index in [1.54, 1.807) is 6.92 Å². The maximum atomic E-state index is 12.4. The highest BCUT2D eigenvalue weighted by atomic mass is 16.5. The molecule has 8 nitrogen and oxygen atoms in total. The van der Waals surface area contributed by atoms with Crippen LogP contribution in [0.1, 0.15) is 48.9 Å². The average Bonchev–Trinajstić information content (AvgIpc) is 3.25. The highest BCUT2D eigenvalue weighted by Crippen LogP contribution is 2.51. The Balaban J connectivity index is 1.24. The molecule has 36 heavy (non-hydrogen) atoms. The normalized spacial score (nSPS) is 22.8. The van der Waals surface area contributed by atoms with Crippen LogP contribution in [-0.4, -0.2) is 41.1 Å². The van der Waals surface area contributed by atoms with Crippen molar-refractivity contribution in [2.24, 2.45) is 0 Å². The number of ether oxygens (including phenoxy) is 2. The van der Waals surface area contributed by atoms with Gasteiger partial charge in [-0.1, -0.05) is 59.8 Å². The molecule has 0 radical (unpaired) electrons. The lowest BCUT2D eigenvalue weighted by Crippen LogP contribution is -2.54. The van der Waals surface area contributed by atoms with Gasteiger partial charge in [-0.25, -0.2) is 4.79 Å². The van der Waals surface area contributed by atoms with Crippen LogP contribution in [0.15, 0.2) is 59.1 Å². The van der Waals surface area contributed by atoms with Crippen LogP contribution in [0.3, 0.4) is 0 Å². The number of aliphatic carboxylic acids is 1. The van der Waals surface area contributed by atoms with E-state index in [0.29, 0.717) is 30.2 Å². The van der Waals surface area contributed by atoms with Crippen molar-refractivity contribution in [1.29, 1.82) is 0 Å². The first kappa shape index (κ1) is 24.1. The Morgan fingerprint density at radius 2 is 1.78 bits per heavy atom. The summed E-state index contributed by atoms with van der Waals surface area (Å²) in [4.78, 5) is 23.7. The van der Waals surface area contributed by atoms with Crippen LogP contribution in [0.25, 0.3) is 11.3 Å². The summed E-state index contributed by atoms with van der Waals surface area (Å²) < 4.78 is 17.0. The fourth-order valence-electron chi connectivity index (χ4n) is 5.37. The van der Waals surface area contributed by atoms with Gasteiger partial charge in [0, 0.05) is 17.4 Å². The predicted molar refractivity (Wildman–Crippen MR) is 133 cm³/mol. The Bertz CT molecular complexity index is 1210. The number of hydrogen-bond donors (Lipinski definition) is 2. The van der Waals surface area contributed by atoms with E-state index in [1.807, 2.05) is 42.5 Å². The molecule has 2 aromatic carbocycles.